The van der Waals surface area contributed by atoms with Gasteiger partial charge in [-0.05, 0) is 26.0 Å². The molecule has 96 valence electrons. The van der Waals surface area contributed by atoms with Crippen LogP contribution in [0.1, 0.15) is 11.4 Å². The van der Waals surface area contributed by atoms with E-state index in [1.807, 2.05) is 19.1 Å². The van der Waals surface area contributed by atoms with Crippen molar-refractivity contribution >= 4 is 11.5 Å². The van der Waals surface area contributed by atoms with Gasteiger partial charge in [-0.3, -0.25) is 14.2 Å². The number of rotatable bonds is 1. The highest BCUT2D eigenvalue weighted by Gasteiger charge is 2.15. The van der Waals surface area contributed by atoms with Gasteiger partial charge in [-0.1, -0.05) is 0 Å². The van der Waals surface area contributed by atoms with Crippen LogP contribution in [-0.2, 0) is 0 Å². The lowest BCUT2D eigenvalue weighted by Gasteiger charge is -2.09. The molecule has 0 aliphatic heterocycles. The highest BCUT2D eigenvalue weighted by atomic mass is 16.1. The van der Waals surface area contributed by atoms with Crippen molar-refractivity contribution in [3.8, 4) is 11.3 Å². The third kappa shape index (κ3) is 1.61. The third-order valence-corrected chi connectivity index (χ3v) is 3.20. The molecule has 3 rings (SSSR count). The highest BCUT2D eigenvalue weighted by Crippen LogP contribution is 2.22. The summed E-state index contributed by atoms with van der Waals surface area (Å²) in [5.74, 6) is 0.325. The Hall–Kier alpha value is -2.63. The monoisotopic (exact) mass is 255 g/mol. The Bertz CT molecular complexity index is 816. The van der Waals surface area contributed by atoms with Crippen LogP contribution < -0.4 is 11.3 Å². The lowest BCUT2D eigenvalue weighted by molar-refractivity contribution is 1.04. The number of nitrogens with one attached hydrogen (secondary N) is 1. The van der Waals surface area contributed by atoms with Crippen LogP contribution in [-0.4, -0.2) is 19.4 Å². The van der Waals surface area contributed by atoms with Gasteiger partial charge in [0, 0.05) is 23.7 Å². The number of H-pyrrole nitrogens is 1. The molecule has 0 bridgehead atoms. The van der Waals surface area contributed by atoms with Gasteiger partial charge in [-0.2, -0.15) is 0 Å². The molecule has 0 aromatic carbocycles. The summed E-state index contributed by atoms with van der Waals surface area (Å²) >= 11 is 0. The number of hydrogen-bond donors (Lipinski definition) is 2. The maximum Gasteiger partial charge on any atom is 0.274 e. The quantitative estimate of drug-likeness (QED) is 0.685. The minimum Gasteiger partial charge on any atom is -0.369 e. The first-order chi connectivity index (χ1) is 9.09. The Morgan fingerprint density at radius 3 is 2.63 bits per heavy atom. The first-order valence-corrected chi connectivity index (χ1v) is 5.87. The standard InChI is InChI=1S/C13H13N5O/c1-7-11-12(19)17-10(9-3-5-15-6-4-9)8(2)18(11)13(14)16-7/h3-6H,1-2H3,(H2,14,16)(H,17,19). The molecule has 0 radical (unpaired) electrons. The van der Waals surface area contributed by atoms with Crippen LogP contribution in [0, 0.1) is 13.8 Å². The van der Waals surface area contributed by atoms with Crippen LogP contribution in [0.2, 0.25) is 0 Å². The summed E-state index contributed by atoms with van der Waals surface area (Å²) in [6.45, 7) is 3.67. The molecule has 3 aromatic rings. The largest absolute Gasteiger partial charge is 0.369 e. The summed E-state index contributed by atoms with van der Waals surface area (Å²) in [4.78, 5) is 23.2. The van der Waals surface area contributed by atoms with Crippen LogP contribution in [0.5, 0.6) is 0 Å². The number of aromatic amines is 1. The van der Waals surface area contributed by atoms with E-state index in [4.69, 9.17) is 5.73 Å². The Morgan fingerprint density at radius 2 is 1.95 bits per heavy atom. The van der Waals surface area contributed by atoms with E-state index < -0.39 is 0 Å². The molecule has 0 aliphatic carbocycles. The molecular formula is C13H13N5O. The highest BCUT2D eigenvalue weighted by molar-refractivity contribution is 5.66. The zero-order chi connectivity index (χ0) is 13.6. The van der Waals surface area contributed by atoms with Crippen molar-refractivity contribution in [2.75, 3.05) is 5.73 Å². The Balaban J connectivity index is 2.44. The molecule has 0 saturated heterocycles. The van der Waals surface area contributed by atoms with E-state index in [0.29, 0.717) is 17.2 Å². The number of nitrogen functional groups attached to an aromatic ring is 1. The molecule has 0 unspecified atom stereocenters. The van der Waals surface area contributed by atoms with Gasteiger partial charge in [0.05, 0.1) is 11.4 Å². The molecule has 3 heterocycles. The van der Waals surface area contributed by atoms with Crippen molar-refractivity contribution in [2.45, 2.75) is 13.8 Å². The molecule has 6 heteroatoms. The number of imidazole rings is 1. The maximum absolute atomic E-state index is 12.2. The number of nitrogens with zero attached hydrogens (tertiary/aromatic N) is 3. The first kappa shape index (κ1) is 11.5. The normalized spacial score (nSPS) is 11.1. The van der Waals surface area contributed by atoms with E-state index in [-0.39, 0.29) is 5.56 Å². The topological polar surface area (TPSA) is 89.1 Å². The minimum atomic E-state index is -0.195. The summed E-state index contributed by atoms with van der Waals surface area (Å²) in [5.41, 5.74) is 9.26. The Kier molecular flexibility index (Phi) is 2.38. The number of pyridine rings is 1. The van der Waals surface area contributed by atoms with Crippen molar-refractivity contribution in [2.24, 2.45) is 0 Å². The summed E-state index contributed by atoms with van der Waals surface area (Å²) in [7, 11) is 0. The second-order valence-corrected chi connectivity index (χ2v) is 4.39. The van der Waals surface area contributed by atoms with Crippen molar-refractivity contribution in [3.05, 3.63) is 46.3 Å². The molecule has 0 fully saturated rings. The molecule has 19 heavy (non-hydrogen) atoms. The zero-order valence-corrected chi connectivity index (χ0v) is 10.6. The fourth-order valence-corrected chi connectivity index (χ4v) is 2.33. The third-order valence-electron chi connectivity index (χ3n) is 3.20. The lowest BCUT2D eigenvalue weighted by Crippen LogP contribution is -2.15. The summed E-state index contributed by atoms with van der Waals surface area (Å²) < 4.78 is 1.68. The van der Waals surface area contributed by atoms with E-state index in [1.54, 1.807) is 23.7 Å². The number of aryl methyl sites for hydroxylation is 2. The zero-order valence-electron chi connectivity index (χ0n) is 10.6. The van der Waals surface area contributed by atoms with Crippen molar-refractivity contribution in [3.63, 3.8) is 0 Å². The maximum atomic E-state index is 12.2. The lowest BCUT2D eigenvalue weighted by atomic mass is 10.1. The number of hydrogen-bond acceptors (Lipinski definition) is 4. The summed E-state index contributed by atoms with van der Waals surface area (Å²) in [6.07, 6.45) is 3.36. The minimum absolute atomic E-state index is 0.195. The molecule has 0 saturated carbocycles. The van der Waals surface area contributed by atoms with Gasteiger partial charge < -0.3 is 10.7 Å². The fourth-order valence-electron chi connectivity index (χ4n) is 2.33. The molecule has 3 N–H and O–H groups in total. The summed E-state index contributed by atoms with van der Waals surface area (Å²) in [5, 5.41) is 0. The molecule has 0 spiro atoms. The number of fused-ring (bicyclic) bond motifs is 1. The second kappa shape index (κ2) is 3.94. The second-order valence-electron chi connectivity index (χ2n) is 4.39. The van der Waals surface area contributed by atoms with Gasteiger partial charge in [0.2, 0.25) is 5.95 Å². The average Bonchev–Trinajstić information content (AvgIpc) is 2.71. The Morgan fingerprint density at radius 1 is 1.26 bits per heavy atom. The van der Waals surface area contributed by atoms with Crippen molar-refractivity contribution in [1.82, 2.24) is 19.4 Å². The SMILES string of the molecule is Cc1nc(N)n2c(C)c(-c3ccncc3)[nH]c(=O)c12. The number of aromatic nitrogens is 4. The smallest absolute Gasteiger partial charge is 0.274 e. The van der Waals surface area contributed by atoms with Gasteiger partial charge in [0.15, 0.2) is 0 Å². The first-order valence-electron chi connectivity index (χ1n) is 5.87. The Labute approximate surface area is 108 Å². The predicted molar refractivity (Wildman–Crippen MR) is 72.9 cm³/mol. The van der Waals surface area contributed by atoms with E-state index >= 15 is 0 Å². The molecular weight excluding hydrogens is 242 g/mol. The van der Waals surface area contributed by atoms with Gasteiger partial charge in [-0.25, -0.2) is 4.98 Å². The molecule has 6 nitrogen and oxygen atoms in total. The van der Waals surface area contributed by atoms with E-state index in [2.05, 4.69) is 15.0 Å². The predicted octanol–water partition coefficient (Wildman–Crippen LogP) is 1.28. The van der Waals surface area contributed by atoms with Gasteiger partial charge in [0.1, 0.15) is 5.52 Å². The molecule has 0 amide bonds. The number of anilines is 1. The fraction of sp³-hybridized carbons (Fsp3) is 0.154. The van der Waals surface area contributed by atoms with Crippen LogP contribution in [0.3, 0.4) is 0 Å². The van der Waals surface area contributed by atoms with Gasteiger partial charge >= 0.3 is 0 Å². The molecule has 0 aliphatic rings. The molecule has 0 atom stereocenters. The van der Waals surface area contributed by atoms with Crippen LogP contribution >= 0.6 is 0 Å². The molecule has 3 aromatic heterocycles. The van der Waals surface area contributed by atoms with Crippen LogP contribution in [0.15, 0.2) is 29.3 Å². The average molecular weight is 255 g/mol. The van der Waals surface area contributed by atoms with E-state index in [9.17, 15) is 4.79 Å². The number of nitrogens with two attached hydrogens (primary N) is 1. The summed E-state index contributed by atoms with van der Waals surface area (Å²) in [6, 6.07) is 3.67. The van der Waals surface area contributed by atoms with E-state index in [0.717, 1.165) is 17.0 Å². The van der Waals surface area contributed by atoms with Crippen molar-refractivity contribution < 1.29 is 0 Å². The van der Waals surface area contributed by atoms with Crippen LogP contribution in [0.4, 0.5) is 5.95 Å². The van der Waals surface area contributed by atoms with Gasteiger partial charge in [0.25, 0.3) is 5.56 Å². The van der Waals surface area contributed by atoms with Crippen LogP contribution in [0.25, 0.3) is 16.8 Å². The van der Waals surface area contributed by atoms with Gasteiger partial charge in [-0.15, -0.1) is 0 Å². The van der Waals surface area contributed by atoms with Crippen molar-refractivity contribution in [1.29, 1.82) is 0 Å². The van der Waals surface area contributed by atoms with E-state index in [1.165, 1.54) is 0 Å².